The van der Waals surface area contributed by atoms with Crippen molar-refractivity contribution >= 4 is 17.5 Å². The summed E-state index contributed by atoms with van der Waals surface area (Å²) in [4.78, 5) is 35.8. The van der Waals surface area contributed by atoms with E-state index >= 15 is 4.39 Å². The van der Waals surface area contributed by atoms with Gasteiger partial charge in [-0.3, -0.25) is 14.5 Å². The van der Waals surface area contributed by atoms with Gasteiger partial charge in [0.25, 0.3) is 11.8 Å². The molecule has 2 aliphatic rings. The van der Waals surface area contributed by atoms with Crippen LogP contribution in [-0.4, -0.2) is 39.8 Å². The van der Waals surface area contributed by atoms with Crippen molar-refractivity contribution in [1.29, 1.82) is 0 Å². The number of amides is 2. The number of nitrogens with zero attached hydrogens (tertiary/aromatic N) is 2. The zero-order chi connectivity index (χ0) is 27.3. The Morgan fingerprint density at radius 3 is 2.49 bits per heavy atom. The molecular formula is C30H27F2N5O2. The number of carbonyl (C=O) groups is 2. The van der Waals surface area contributed by atoms with Crippen molar-refractivity contribution < 1.29 is 18.4 Å². The van der Waals surface area contributed by atoms with Crippen LogP contribution < -0.4 is 10.6 Å². The Bertz CT molecular complexity index is 1610. The van der Waals surface area contributed by atoms with Crippen molar-refractivity contribution in [2.24, 2.45) is 0 Å². The molecule has 2 heterocycles. The van der Waals surface area contributed by atoms with Gasteiger partial charge in [-0.25, -0.2) is 13.8 Å². The maximum atomic E-state index is 15.3. The molecule has 9 heteroatoms. The number of H-pyrrole nitrogens is 1. The zero-order valence-electron chi connectivity index (χ0n) is 21.6. The lowest BCUT2D eigenvalue weighted by Crippen LogP contribution is -2.20. The normalized spacial score (nSPS) is 14.4. The molecule has 0 atom stereocenters. The van der Waals surface area contributed by atoms with Crippen LogP contribution in [0.3, 0.4) is 0 Å². The van der Waals surface area contributed by atoms with Crippen LogP contribution in [0.1, 0.15) is 50.5 Å². The third-order valence-corrected chi connectivity index (χ3v) is 7.41. The number of fused-ring (bicyclic) bond motifs is 1. The van der Waals surface area contributed by atoms with Crippen molar-refractivity contribution in [2.45, 2.75) is 38.9 Å². The van der Waals surface area contributed by atoms with Gasteiger partial charge < -0.3 is 15.6 Å². The first-order chi connectivity index (χ1) is 18.8. The largest absolute Gasteiger partial charge is 0.348 e. The first-order valence-corrected chi connectivity index (χ1v) is 12.9. The Kier molecular flexibility index (Phi) is 6.23. The van der Waals surface area contributed by atoms with Gasteiger partial charge in [-0.15, -0.1) is 0 Å². The first kappa shape index (κ1) is 24.9. The molecule has 1 fully saturated rings. The second-order valence-electron chi connectivity index (χ2n) is 10.1. The molecule has 3 aromatic carbocycles. The summed E-state index contributed by atoms with van der Waals surface area (Å²) in [7, 11) is 2.10. The summed E-state index contributed by atoms with van der Waals surface area (Å²) in [6.45, 7) is 2.98. The molecule has 6 rings (SSSR count). The zero-order valence-corrected chi connectivity index (χ0v) is 21.6. The summed E-state index contributed by atoms with van der Waals surface area (Å²) in [5, 5.41) is 5.50. The molecular weight excluding hydrogens is 500 g/mol. The molecule has 2 amide bonds. The molecule has 0 bridgehead atoms. The summed E-state index contributed by atoms with van der Waals surface area (Å²) >= 11 is 0. The molecule has 1 saturated carbocycles. The summed E-state index contributed by atoms with van der Waals surface area (Å²) in [5.74, 6) is -1.07. The Hall–Kier alpha value is -4.37. The molecule has 0 radical (unpaired) electrons. The molecule has 1 aliphatic heterocycles. The van der Waals surface area contributed by atoms with Gasteiger partial charge in [0, 0.05) is 41.5 Å². The summed E-state index contributed by atoms with van der Waals surface area (Å²) in [5.41, 5.74) is 5.20. The van der Waals surface area contributed by atoms with Gasteiger partial charge >= 0.3 is 0 Å². The lowest BCUT2D eigenvalue weighted by atomic mass is 9.92. The number of benzene rings is 3. The van der Waals surface area contributed by atoms with E-state index in [4.69, 9.17) is 4.98 Å². The lowest BCUT2D eigenvalue weighted by Gasteiger charge is -2.14. The summed E-state index contributed by atoms with van der Waals surface area (Å²) in [6.07, 6.45) is 2.42. The predicted molar refractivity (Wildman–Crippen MR) is 144 cm³/mol. The van der Waals surface area contributed by atoms with Gasteiger partial charge in [0.2, 0.25) is 0 Å². The highest BCUT2D eigenvalue weighted by Gasteiger charge is 2.30. The van der Waals surface area contributed by atoms with Crippen molar-refractivity contribution in [2.75, 3.05) is 12.4 Å². The van der Waals surface area contributed by atoms with Crippen LogP contribution in [0.25, 0.3) is 22.5 Å². The van der Waals surface area contributed by atoms with Crippen LogP contribution in [-0.2, 0) is 13.1 Å². The van der Waals surface area contributed by atoms with Gasteiger partial charge in [-0.2, -0.15) is 0 Å². The second-order valence-corrected chi connectivity index (χ2v) is 10.1. The number of carbonyl (C=O) groups excluding carboxylic acids is 2. The highest BCUT2D eigenvalue weighted by Crippen LogP contribution is 2.37. The first-order valence-electron chi connectivity index (χ1n) is 12.9. The molecule has 0 unspecified atom stereocenters. The molecule has 4 aromatic rings. The van der Waals surface area contributed by atoms with Crippen LogP contribution in [0.2, 0.25) is 0 Å². The number of rotatable bonds is 7. The number of anilines is 1. The molecule has 1 aromatic heterocycles. The standard InChI is InChI=1S/C30H27F2N5O2/c1-16-26(15-37(2)20-8-9-20)36-28(34-16)23-12-11-21(24-14-33-30(39)27(23)24)22-10-7-19(13-25(22)32)35-29(38)17-3-5-18(31)6-4-17/h3-7,10-13,20H,8-9,14-15H2,1-2H3,(H,33,39)(H,34,36)(H,35,38). The van der Waals surface area contributed by atoms with E-state index in [2.05, 4.69) is 27.6 Å². The molecule has 1 aliphatic carbocycles. The fourth-order valence-electron chi connectivity index (χ4n) is 5.09. The number of aromatic nitrogens is 2. The summed E-state index contributed by atoms with van der Waals surface area (Å²) in [6, 6.07) is 13.7. The average molecular weight is 528 g/mol. The fourth-order valence-corrected chi connectivity index (χ4v) is 5.09. The Morgan fingerprint density at radius 1 is 1.05 bits per heavy atom. The third kappa shape index (κ3) is 4.81. The number of aromatic amines is 1. The highest BCUT2D eigenvalue weighted by molar-refractivity contribution is 6.06. The van der Waals surface area contributed by atoms with Crippen LogP contribution in [0.4, 0.5) is 14.5 Å². The quantitative estimate of drug-likeness (QED) is 0.299. The third-order valence-electron chi connectivity index (χ3n) is 7.41. The van der Waals surface area contributed by atoms with E-state index in [1.807, 2.05) is 6.92 Å². The minimum atomic E-state index is -0.541. The maximum absolute atomic E-state index is 15.3. The summed E-state index contributed by atoms with van der Waals surface area (Å²) < 4.78 is 28.5. The van der Waals surface area contributed by atoms with Crippen molar-refractivity contribution in [3.8, 4) is 22.5 Å². The van der Waals surface area contributed by atoms with Crippen LogP contribution in [0, 0.1) is 18.6 Å². The Balaban J connectivity index is 1.29. The van der Waals surface area contributed by atoms with E-state index in [0.717, 1.165) is 17.9 Å². The predicted octanol–water partition coefficient (Wildman–Crippen LogP) is 5.42. The molecule has 198 valence electrons. The van der Waals surface area contributed by atoms with E-state index in [1.165, 1.54) is 43.2 Å². The number of aryl methyl sites for hydroxylation is 1. The van der Waals surface area contributed by atoms with E-state index in [1.54, 1.807) is 24.3 Å². The fraction of sp³-hybridized carbons (Fsp3) is 0.233. The van der Waals surface area contributed by atoms with Crippen LogP contribution >= 0.6 is 0 Å². The minimum absolute atomic E-state index is 0.226. The van der Waals surface area contributed by atoms with E-state index in [0.29, 0.717) is 39.7 Å². The number of imidazole rings is 1. The topological polar surface area (TPSA) is 90.1 Å². The highest BCUT2D eigenvalue weighted by atomic mass is 19.1. The molecule has 0 saturated heterocycles. The minimum Gasteiger partial charge on any atom is -0.348 e. The SMILES string of the molecule is Cc1nc(-c2ccc(-c3ccc(NC(=O)c4ccc(F)cc4)cc3F)c3c2C(=O)NC3)[nH]c1CN(C)C1CC1. The van der Waals surface area contributed by atoms with Crippen LogP contribution in [0.15, 0.2) is 54.6 Å². The maximum Gasteiger partial charge on any atom is 0.255 e. The Labute approximate surface area is 224 Å². The van der Waals surface area contributed by atoms with Crippen molar-refractivity contribution in [3.63, 3.8) is 0 Å². The van der Waals surface area contributed by atoms with Crippen LogP contribution in [0.5, 0.6) is 0 Å². The van der Waals surface area contributed by atoms with Crippen molar-refractivity contribution in [3.05, 3.63) is 94.3 Å². The Morgan fingerprint density at radius 2 is 1.77 bits per heavy atom. The average Bonchev–Trinajstić information content (AvgIpc) is 3.61. The molecule has 0 spiro atoms. The molecule has 39 heavy (non-hydrogen) atoms. The number of hydrogen-bond donors (Lipinski definition) is 3. The van der Waals surface area contributed by atoms with Gasteiger partial charge in [0.1, 0.15) is 17.5 Å². The van der Waals surface area contributed by atoms with Gasteiger partial charge in [-0.05, 0) is 86.5 Å². The van der Waals surface area contributed by atoms with Gasteiger partial charge in [-0.1, -0.05) is 6.07 Å². The lowest BCUT2D eigenvalue weighted by molar-refractivity contribution is 0.0965. The van der Waals surface area contributed by atoms with Gasteiger partial charge in [0.15, 0.2) is 0 Å². The molecule has 7 nitrogen and oxygen atoms in total. The smallest absolute Gasteiger partial charge is 0.255 e. The van der Waals surface area contributed by atoms with E-state index in [9.17, 15) is 14.0 Å². The number of halogens is 2. The van der Waals surface area contributed by atoms with Crippen molar-refractivity contribution in [1.82, 2.24) is 20.2 Å². The number of nitrogens with one attached hydrogen (secondary N) is 3. The van der Waals surface area contributed by atoms with E-state index in [-0.39, 0.29) is 23.7 Å². The van der Waals surface area contributed by atoms with Gasteiger partial charge in [0.05, 0.1) is 17.0 Å². The number of hydrogen-bond acceptors (Lipinski definition) is 4. The monoisotopic (exact) mass is 527 g/mol. The molecule has 3 N–H and O–H groups in total. The second kappa shape index (κ2) is 9.74. The van der Waals surface area contributed by atoms with E-state index < -0.39 is 17.5 Å².